The van der Waals surface area contributed by atoms with Crippen molar-refractivity contribution in [2.45, 2.75) is 5.75 Å². The Morgan fingerprint density at radius 3 is 2.16 bits per heavy atom. The average molecular weight is 381 g/mol. The van der Waals surface area contributed by atoms with Gasteiger partial charge < -0.3 is 5.73 Å². The third-order valence-corrected chi connectivity index (χ3v) is 5.20. The van der Waals surface area contributed by atoms with E-state index in [-0.39, 0.29) is 5.69 Å². The lowest BCUT2D eigenvalue weighted by molar-refractivity contribution is -0.384. The van der Waals surface area contributed by atoms with Crippen molar-refractivity contribution in [1.82, 2.24) is 0 Å². The predicted molar refractivity (Wildman–Crippen MR) is 94.3 cm³/mol. The number of hydrogen-bond donors (Lipinski definition) is 1. The number of halogens is 1. The molecule has 2 aromatic carbocycles. The van der Waals surface area contributed by atoms with Gasteiger partial charge in [0.25, 0.3) is 11.6 Å². The van der Waals surface area contributed by atoms with Gasteiger partial charge in [0.1, 0.15) is 4.91 Å². The number of primary amides is 1. The van der Waals surface area contributed by atoms with E-state index in [1.807, 2.05) is 0 Å². The zero-order valence-corrected chi connectivity index (χ0v) is 14.3. The molecule has 0 aliphatic carbocycles. The summed E-state index contributed by atoms with van der Waals surface area (Å²) in [5.74, 6) is -1.53. The Balaban J connectivity index is 2.36. The number of nitro groups is 1. The number of non-ortho nitro benzene ring substituents is 1. The molecule has 25 heavy (non-hydrogen) atoms. The van der Waals surface area contributed by atoms with Gasteiger partial charge in [0.15, 0.2) is 9.84 Å². The molecule has 0 radical (unpaired) electrons. The van der Waals surface area contributed by atoms with E-state index in [0.717, 1.165) is 6.08 Å². The van der Waals surface area contributed by atoms with Crippen molar-refractivity contribution in [1.29, 1.82) is 0 Å². The second kappa shape index (κ2) is 7.45. The van der Waals surface area contributed by atoms with Crippen LogP contribution in [0.1, 0.15) is 11.1 Å². The first-order chi connectivity index (χ1) is 11.7. The van der Waals surface area contributed by atoms with Gasteiger partial charge in [-0.2, -0.15) is 0 Å². The summed E-state index contributed by atoms with van der Waals surface area (Å²) in [6.07, 6.45) is 1.09. The van der Waals surface area contributed by atoms with Crippen LogP contribution < -0.4 is 5.73 Å². The van der Waals surface area contributed by atoms with E-state index in [9.17, 15) is 23.3 Å². The van der Waals surface area contributed by atoms with Crippen LogP contribution in [-0.4, -0.2) is 19.2 Å². The van der Waals surface area contributed by atoms with Gasteiger partial charge in [0.05, 0.1) is 10.7 Å². The molecule has 0 fully saturated rings. The molecule has 0 unspecified atom stereocenters. The number of rotatable bonds is 6. The summed E-state index contributed by atoms with van der Waals surface area (Å²) >= 11 is 5.76. The number of nitrogens with zero attached hydrogens (tertiary/aromatic N) is 1. The van der Waals surface area contributed by atoms with Crippen molar-refractivity contribution in [3.63, 3.8) is 0 Å². The molecule has 130 valence electrons. The summed E-state index contributed by atoms with van der Waals surface area (Å²) in [4.78, 5) is 21.1. The van der Waals surface area contributed by atoms with Crippen LogP contribution in [0.25, 0.3) is 6.08 Å². The fourth-order valence-corrected chi connectivity index (χ4v) is 3.57. The number of benzene rings is 2. The third kappa shape index (κ3) is 4.88. The van der Waals surface area contributed by atoms with Crippen molar-refractivity contribution < 1.29 is 18.1 Å². The summed E-state index contributed by atoms with van der Waals surface area (Å²) in [5.41, 5.74) is 5.81. The molecular weight excluding hydrogens is 368 g/mol. The first-order valence-corrected chi connectivity index (χ1v) is 8.95. The number of carbonyl (C=O) groups excluding carboxylic acids is 1. The zero-order chi connectivity index (χ0) is 18.6. The summed E-state index contributed by atoms with van der Waals surface area (Å²) in [6.45, 7) is 0. The maximum atomic E-state index is 12.5. The Bertz CT molecular complexity index is 935. The molecule has 2 N–H and O–H groups in total. The highest BCUT2D eigenvalue weighted by Crippen LogP contribution is 2.20. The van der Waals surface area contributed by atoms with E-state index in [1.54, 1.807) is 0 Å². The van der Waals surface area contributed by atoms with E-state index in [2.05, 4.69) is 0 Å². The van der Waals surface area contributed by atoms with Crippen molar-refractivity contribution in [3.8, 4) is 0 Å². The molecule has 0 spiro atoms. The van der Waals surface area contributed by atoms with Gasteiger partial charge in [-0.1, -0.05) is 23.7 Å². The third-order valence-electron chi connectivity index (χ3n) is 3.25. The summed E-state index contributed by atoms with van der Waals surface area (Å²) in [5, 5.41) is 11.1. The van der Waals surface area contributed by atoms with Crippen LogP contribution in [0.5, 0.6) is 0 Å². The van der Waals surface area contributed by atoms with Crippen molar-refractivity contribution in [2.75, 3.05) is 0 Å². The Labute approximate surface area is 148 Å². The minimum absolute atomic E-state index is 0.151. The number of sulfone groups is 1. The van der Waals surface area contributed by atoms with Crippen LogP contribution in [-0.2, 0) is 20.4 Å². The van der Waals surface area contributed by atoms with Crippen LogP contribution in [0, 0.1) is 10.1 Å². The highest BCUT2D eigenvalue weighted by molar-refractivity contribution is 7.95. The SMILES string of the molecule is NC(=O)/C(=C/c1ccc([N+](=O)[O-])cc1)S(=O)(=O)Cc1ccc(Cl)cc1. The summed E-state index contributed by atoms with van der Waals surface area (Å²) in [6, 6.07) is 11.2. The first-order valence-electron chi connectivity index (χ1n) is 6.92. The van der Waals surface area contributed by atoms with Crippen molar-refractivity contribution in [2.24, 2.45) is 5.73 Å². The second-order valence-corrected chi connectivity index (χ2v) is 7.50. The molecule has 2 aromatic rings. The summed E-state index contributed by atoms with van der Waals surface area (Å²) in [7, 11) is -4.00. The molecule has 0 aliphatic rings. The maximum Gasteiger partial charge on any atom is 0.269 e. The molecule has 2 rings (SSSR count). The van der Waals surface area contributed by atoms with Crippen LogP contribution in [0.15, 0.2) is 53.4 Å². The van der Waals surface area contributed by atoms with Gasteiger partial charge in [-0.05, 0) is 41.5 Å². The lowest BCUT2D eigenvalue weighted by Crippen LogP contribution is -2.22. The molecule has 0 bridgehead atoms. The maximum absolute atomic E-state index is 12.5. The van der Waals surface area contributed by atoms with E-state index in [0.29, 0.717) is 16.1 Å². The van der Waals surface area contributed by atoms with Crippen LogP contribution in [0.2, 0.25) is 5.02 Å². The number of amides is 1. The normalized spacial score (nSPS) is 12.0. The quantitative estimate of drug-likeness (QED) is 0.469. The lowest BCUT2D eigenvalue weighted by Gasteiger charge is -2.07. The molecule has 0 saturated carbocycles. The molecular formula is C16H13ClN2O5S. The minimum atomic E-state index is -4.00. The molecule has 7 nitrogen and oxygen atoms in total. The number of hydrogen-bond acceptors (Lipinski definition) is 5. The Kier molecular flexibility index (Phi) is 5.55. The predicted octanol–water partition coefficient (Wildman–Crippen LogP) is 2.69. The summed E-state index contributed by atoms with van der Waals surface area (Å²) < 4.78 is 25.0. The van der Waals surface area contributed by atoms with Gasteiger partial charge >= 0.3 is 0 Å². The molecule has 0 saturated heterocycles. The molecule has 0 atom stereocenters. The topological polar surface area (TPSA) is 120 Å². The minimum Gasteiger partial charge on any atom is -0.365 e. The Morgan fingerprint density at radius 1 is 1.12 bits per heavy atom. The van der Waals surface area contributed by atoms with Crippen LogP contribution in [0.4, 0.5) is 5.69 Å². The van der Waals surface area contributed by atoms with E-state index < -0.39 is 31.3 Å². The van der Waals surface area contributed by atoms with E-state index in [1.165, 1.54) is 48.5 Å². The number of nitrogens with two attached hydrogens (primary N) is 1. The van der Waals surface area contributed by atoms with Crippen molar-refractivity contribution >= 4 is 39.1 Å². The van der Waals surface area contributed by atoms with Crippen molar-refractivity contribution in [3.05, 3.63) is 79.7 Å². The van der Waals surface area contributed by atoms with Gasteiger partial charge in [-0.15, -0.1) is 0 Å². The smallest absolute Gasteiger partial charge is 0.269 e. The lowest BCUT2D eigenvalue weighted by atomic mass is 10.2. The number of nitro benzene ring substituents is 1. The average Bonchev–Trinajstić information content (AvgIpc) is 2.54. The molecule has 0 heterocycles. The fraction of sp³-hybridized carbons (Fsp3) is 0.0625. The standard InChI is InChI=1S/C16H13ClN2O5S/c17-13-5-1-12(2-6-13)10-25(23,24)15(16(18)20)9-11-3-7-14(8-4-11)19(21)22/h1-9H,10H2,(H2,18,20)/b15-9-. The molecule has 9 heteroatoms. The first kappa shape index (κ1) is 18.6. The van der Waals surface area contributed by atoms with Gasteiger partial charge in [0.2, 0.25) is 0 Å². The zero-order valence-electron chi connectivity index (χ0n) is 12.8. The van der Waals surface area contributed by atoms with E-state index >= 15 is 0 Å². The van der Waals surface area contributed by atoms with Crippen LogP contribution in [0.3, 0.4) is 0 Å². The molecule has 0 aromatic heterocycles. The Morgan fingerprint density at radius 2 is 1.68 bits per heavy atom. The largest absolute Gasteiger partial charge is 0.365 e. The number of carbonyl (C=O) groups is 1. The van der Waals surface area contributed by atoms with Gasteiger partial charge in [-0.25, -0.2) is 8.42 Å². The fourth-order valence-electron chi connectivity index (χ4n) is 2.04. The Hall–Kier alpha value is -2.71. The second-order valence-electron chi connectivity index (χ2n) is 5.11. The van der Waals surface area contributed by atoms with Gasteiger partial charge in [0, 0.05) is 17.2 Å². The van der Waals surface area contributed by atoms with Crippen LogP contribution >= 0.6 is 11.6 Å². The molecule has 1 amide bonds. The highest BCUT2D eigenvalue weighted by atomic mass is 35.5. The highest BCUT2D eigenvalue weighted by Gasteiger charge is 2.23. The molecule has 0 aliphatic heterocycles. The van der Waals surface area contributed by atoms with E-state index in [4.69, 9.17) is 17.3 Å². The van der Waals surface area contributed by atoms with Gasteiger partial charge in [-0.3, -0.25) is 14.9 Å². The monoisotopic (exact) mass is 380 g/mol.